The first-order chi connectivity index (χ1) is 8.61. The maximum atomic E-state index is 11.6. The number of anilines is 2. The molecule has 0 aliphatic heterocycles. The van der Waals surface area contributed by atoms with E-state index in [0.29, 0.717) is 6.54 Å². The van der Waals surface area contributed by atoms with E-state index in [1.807, 2.05) is 24.3 Å². The van der Waals surface area contributed by atoms with Gasteiger partial charge in [-0.3, -0.25) is 9.78 Å². The van der Waals surface area contributed by atoms with Gasteiger partial charge in [0.25, 0.3) is 5.56 Å². The molecule has 94 valence electrons. The zero-order chi connectivity index (χ0) is 13.1. The molecule has 0 atom stereocenters. The SMILES string of the molecule is CN(c1cccc(CN)c1)c1n[nH]c(=O)[nH]c1=O. The Morgan fingerprint density at radius 2 is 2.17 bits per heavy atom. The van der Waals surface area contributed by atoms with Crippen LogP contribution in [-0.2, 0) is 6.54 Å². The molecule has 2 rings (SSSR count). The Hall–Kier alpha value is -2.41. The van der Waals surface area contributed by atoms with Crippen LogP contribution in [-0.4, -0.2) is 22.2 Å². The minimum atomic E-state index is -0.632. The molecule has 1 aromatic carbocycles. The second-order valence-electron chi connectivity index (χ2n) is 3.76. The number of nitrogens with two attached hydrogens (primary N) is 1. The lowest BCUT2D eigenvalue weighted by atomic mass is 10.2. The second kappa shape index (κ2) is 4.84. The molecular formula is C11H13N5O2. The van der Waals surface area contributed by atoms with Gasteiger partial charge in [-0.15, -0.1) is 5.10 Å². The highest BCUT2D eigenvalue weighted by molar-refractivity contribution is 5.58. The number of H-pyrrole nitrogens is 2. The van der Waals surface area contributed by atoms with Crippen molar-refractivity contribution in [2.45, 2.75) is 6.54 Å². The van der Waals surface area contributed by atoms with Gasteiger partial charge in [-0.25, -0.2) is 9.89 Å². The molecule has 0 spiro atoms. The zero-order valence-electron chi connectivity index (χ0n) is 9.80. The Labute approximate surface area is 102 Å². The van der Waals surface area contributed by atoms with E-state index in [-0.39, 0.29) is 5.82 Å². The third-order valence-electron chi connectivity index (χ3n) is 2.54. The molecule has 1 aromatic heterocycles. The van der Waals surface area contributed by atoms with Gasteiger partial charge in [0.1, 0.15) is 0 Å². The van der Waals surface area contributed by atoms with E-state index in [1.165, 1.54) is 0 Å². The van der Waals surface area contributed by atoms with Crippen molar-refractivity contribution in [2.24, 2.45) is 5.73 Å². The van der Waals surface area contributed by atoms with Crippen molar-refractivity contribution in [1.82, 2.24) is 15.2 Å². The van der Waals surface area contributed by atoms with Gasteiger partial charge in [-0.2, -0.15) is 0 Å². The summed E-state index contributed by atoms with van der Waals surface area (Å²) in [5, 5.41) is 5.92. The van der Waals surface area contributed by atoms with E-state index >= 15 is 0 Å². The van der Waals surface area contributed by atoms with Gasteiger partial charge >= 0.3 is 5.69 Å². The highest BCUT2D eigenvalue weighted by Gasteiger charge is 2.10. The summed E-state index contributed by atoms with van der Waals surface area (Å²) in [6, 6.07) is 7.41. The molecule has 7 heteroatoms. The van der Waals surface area contributed by atoms with Crippen LogP contribution in [0.25, 0.3) is 0 Å². The summed E-state index contributed by atoms with van der Waals surface area (Å²) in [5.41, 5.74) is 6.10. The number of aromatic nitrogens is 3. The number of hydrogen-bond donors (Lipinski definition) is 3. The fourth-order valence-corrected chi connectivity index (χ4v) is 1.58. The summed E-state index contributed by atoms with van der Waals surface area (Å²) >= 11 is 0. The van der Waals surface area contributed by atoms with Gasteiger partial charge in [0.2, 0.25) is 5.82 Å². The lowest BCUT2D eigenvalue weighted by Gasteiger charge is -2.17. The van der Waals surface area contributed by atoms with E-state index < -0.39 is 11.2 Å². The smallest absolute Gasteiger partial charge is 0.326 e. The Morgan fingerprint density at radius 1 is 1.39 bits per heavy atom. The van der Waals surface area contributed by atoms with Gasteiger partial charge in [0.05, 0.1) is 0 Å². The zero-order valence-corrected chi connectivity index (χ0v) is 9.80. The van der Waals surface area contributed by atoms with Gasteiger partial charge in [-0.1, -0.05) is 12.1 Å². The molecule has 0 amide bonds. The highest BCUT2D eigenvalue weighted by atomic mass is 16.2. The fraction of sp³-hybridized carbons (Fsp3) is 0.182. The molecule has 0 bridgehead atoms. The van der Waals surface area contributed by atoms with E-state index in [2.05, 4.69) is 15.2 Å². The minimum Gasteiger partial charge on any atom is -0.326 e. The summed E-state index contributed by atoms with van der Waals surface area (Å²) in [4.78, 5) is 26.2. The summed E-state index contributed by atoms with van der Waals surface area (Å²) in [7, 11) is 1.69. The summed E-state index contributed by atoms with van der Waals surface area (Å²) < 4.78 is 0. The van der Waals surface area contributed by atoms with E-state index in [4.69, 9.17) is 5.73 Å². The molecule has 0 saturated heterocycles. The van der Waals surface area contributed by atoms with Crippen molar-refractivity contribution >= 4 is 11.5 Å². The van der Waals surface area contributed by atoms with Crippen LogP contribution in [0.5, 0.6) is 0 Å². The van der Waals surface area contributed by atoms with Crippen LogP contribution in [0, 0.1) is 0 Å². The number of hydrogen-bond acceptors (Lipinski definition) is 5. The van der Waals surface area contributed by atoms with Crippen LogP contribution < -0.4 is 21.9 Å². The average Bonchev–Trinajstić information content (AvgIpc) is 2.38. The number of nitrogens with zero attached hydrogens (tertiary/aromatic N) is 2. The van der Waals surface area contributed by atoms with Gasteiger partial charge in [0.15, 0.2) is 0 Å². The normalized spacial score (nSPS) is 10.3. The molecule has 2 aromatic rings. The molecule has 0 aliphatic rings. The topological polar surface area (TPSA) is 108 Å². The van der Waals surface area contributed by atoms with Crippen molar-refractivity contribution in [3.63, 3.8) is 0 Å². The molecule has 4 N–H and O–H groups in total. The molecule has 7 nitrogen and oxygen atoms in total. The fourth-order valence-electron chi connectivity index (χ4n) is 1.58. The summed E-state index contributed by atoms with van der Waals surface area (Å²) in [5.74, 6) is 0.115. The molecule has 0 fully saturated rings. The van der Waals surface area contributed by atoms with Crippen LogP contribution in [0.1, 0.15) is 5.56 Å². The van der Waals surface area contributed by atoms with Crippen molar-refractivity contribution in [3.8, 4) is 0 Å². The number of nitrogens with one attached hydrogen (secondary N) is 2. The molecule has 0 radical (unpaired) electrons. The number of aromatic amines is 2. The van der Waals surface area contributed by atoms with E-state index in [0.717, 1.165) is 11.3 Å². The van der Waals surface area contributed by atoms with E-state index in [1.54, 1.807) is 11.9 Å². The minimum absolute atomic E-state index is 0.115. The first kappa shape index (κ1) is 12.1. The maximum absolute atomic E-state index is 11.6. The predicted octanol–water partition coefficient (Wildman–Crippen LogP) is -0.315. The van der Waals surface area contributed by atoms with Crippen LogP contribution in [0.15, 0.2) is 33.9 Å². The lowest BCUT2D eigenvalue weighted by molar-refractivity contribution is 0.871. The Kier molecular flexibility index (Phi) is 3.24. The van der Waals surface area contributed by atoms with Gasteiger partial charge in [0, 0.05) is 19.3 Å². The highest BCUT2D eigenvalue weighted by Crippen LogP contribution is 2.19. The Morgan fingerprint density at radius 3 is 2.83 bits per heavy atom. The third-order valence-corrected chi connectivity index (χ3v) is 2.54. The number of benzene rings is 1. The van der Waals surface area contributed by atoms with E-state index in [9.17, 15) is 9.59 Å². The Balaban J connectivity index is 2.44. The quantitative estimate of drug-likeness (QED) is 0.689. The predicted molar refractivity (Wildman–Crippen MR) is 67.9 cm³/mol. The molecule has 0 saturated carbocycles. The van der Waals surface area contributed by atoms with Crippen LogP contribution in [0.2, 0.25) is 0 Å². The van der Waals surface area contributed by atoms with Gasteiger partial charge < -0.3 is 10.6 Å². The molecule has 0 aliphatic carbocycles. The molecule has 0 unspecified atom stereocenters. The van der Waals surface area contributed by atoms with Gasteiger partial charge in [-0.05, 0) is 17.7 Å². The van der Waals surface area contributed by atoms with Crippen molar-refractivity contribution in [1.29, 1.82) is 0 Å². The summed E-state index contributed by atoms with van der Waals surface area (Å²) in [6.07, 6.45) is 0. The van der Waals surface area contributed by atoms with Crippen molar-refractivity contribution in [2.75, 3.05) is 11.9 Å². The number of rotatable bonds is 3. The Bertz CT molecular complexity index is 661. The molecule has 18 heavy (non-hydrogen) atoms. The van der Waals surface area contributed by atoms with Crippen molar-refractivity contribution < 1.29 is 0 Å². The monoisotopic (exact) mass is 247 g/mol. The summed E-state index contributed by atoms with van der Waals surface area (Å²) in [6.45, 7) is 0.414. The maximum Gasteiger partial charge on any atom is 0.342 e. The molecule has 1 heterocycles. The third kappa shape index (κ3) is 2.30. The first-order valence-corrected chi connectivity index (χ1v) is 5.33. The second-order valence-corrected chi connectivity index (χ2v) is 3.76. The van der Waals surface area contributed by atoms with Crippen molar-refractivity contribution in [3.05, 3.63) is 50.7 Å². The standard InChI is InChI=1S/C11H13N5O2/c1-16(8-4-2-3-7(5-8)6-12)9-10(17)13-11(18)15-14-9/h2-5H,6,12H2,1H3,(H2,13,15,17,18). The lowest BCUT2D eigenvalue weighted by Crippen LogP contribution is -2.30. The van der Waals surface area contributed by atoms with Crippen LogP contribution >= 0.6 is 0 Å². The molecular weight excluding hydrogens is 234 g/mol. The van der Waals surface area contributed by atoms with Crippen LogP contribution in [0.4, 0.5) is 11.5 Å². The first-order valence-electron chi connectivity index (χ1n) is 5.33. The van der Waals surface area contributed by atoms with Crippen LogP contribution in [0.3, 0.4) is 0 Å². The largest absolute Gasteiger partial charge is 0.342 e. The average molecular weight is 247 g/mol.